The molecule has 4 aliphatic rings. The van der Waals surface area contributed by atoms with Crippen LogP contribution in [0.2, 0.25) is 0 Å². The Morgan fingerprint density at radius 2 is 2.08 bits per heavy atom. The summed E-state index contributed by atoms with van der Waals surface area (Å²) in [6.45, 7) is 1.11. The molecule has 24 heavy (non-hydrogen) atoms. The highest BCUT2D eigenvalue weighted by Gasteiger charge is 2.59. The third-order valence-electron chi connectivity index (χ3n) is 5.87. The fourth-order valence-electron chi connectivity index (χ4n) is 4.84. The van der Waals surface area contributed by atoms with Gasteiger partial charge in [-0.3, -0.25) is 0 Å². The Bertz CT molecular complexity index is 740. The molecular weight excluding hydrogens is 378 g/mol. The lowest BCUT2D eigenvalue weighted by Crippen LogP contribution is -2.59. The molecule has 1 N–H and O–H groups in total. The smallest absolute Gasteiger partial charge is 0.338 e. The van der Waals surface area contributed by atoms with Crippen LogP contribution in [0.15, 0.2) is 12.1 Å². The highest BCUT2D eigenvalue weighted by Crippen LogP contribution is 2.55. The number of alkyl halides is 1. The van der Waals surface area contributed by atoms with Crippen LogP contribution in [0.25, 0.3) is 0 Å². The van der Waals surface area contributed by atoms with E-state index in [0.29, 0.717) is 23.5 Å². The van der Waals surface area contributed by atoms with Crippen LogP contribution in [0.4, 0.5) is 0 Å². The first kappa shape index (κ1) is 15.0. The minimum absolute atomic E-state index is 0.0946. The van der Waals surface area contributed by atoms with Crippen LogP contribution < -0.4 is 9.47 Å². The molecule has 1 aromatic rings. The van der Waals surface area contributed by atoms with Gasteiger partial charge < -0.3 is 24.2 Å². The number of hydrogen-bond acceptors (Lipinski definition) is 6. The predicted molar refractivity (Wildman–Crippen MR) is 87.8 cm³/mol. The summed E-state index contributed by atoms with van der Waals surface area (Å²) < 4.78 is 16.4. The highest BCUT2D eigenvalue weighted by molar-refractivity contribution is 9.10. The normalized spacial score (nSPS) is 39.9. The molecule has 1 saturated heterocycles. The monoisotopic (exact) mass is 395 g/mol. The zero-order chi connectivity index (χ0) is 16.6. The van der Waals surface area contributed by atoms with E-state index in [1.54, 1.807) is 6.07 Å². The van der Waals surface area contributed by atoms with E-state index in [4.69, 9.17) is 14.2 Å². The second-order valence-electron chi connectivity index (χ2n) is 7.17. The number of ether oxygens (including phenoxy) is 3. The van der Waals surface area contributed by atoms with Gasteiger partial charge in [0.15, 0.2) is 11.5 Å². The number of nitrogens with zero attached hydrogens (tertiary/aromatic N) is 1. The Morgan fingerprint density at radius 1 is 1.33 bits per heavy atom. The third-order valence-corrected chi connectivity index (χ3v) is 7.06. The topological polar surface area (TPSA) is 68.2 Å². The van der Waals surface area contributed by atoms with E-state index in [9.17, 15) is 9.90 Å². The summed E-state index contributed by atoms with van der Waals surface area (Å²) in [6, 6.07) is 3.76. The van der Waals surface area contributed by atoms with Crippen molar-refractivity contribution in [1.82, 2.24) is 4.90 Å². The van der Waals surface area contributed by atoms with Gasteiger partial charge >= 0.3 is 5.97 Å². The zero-order valence-electron chi connectivity index (χ0n) is 13.2. The summed E-state index contributed by atoms with van der Waals surface area (Å²) in [6.07, 6.45) is 0.333. The van der Waals surface area contributed by atoms with Crippen molar-refractivity contribution >= 4 is 21.9 Å². The SMILES string of the molecule is CN1CC[C@]2(Br)C[C@H](O)[C@H]3OC(=O)c4cc5c(cc4[C@H]3[C@H]12)OCO5. The molecule has 2 fully saturated rings. The van der Waals surface area contributed by atoms with Gasteiger partial charge in [0.25, 0.3) is 0 Å². The number of halogens is 1. The first-order valence-electron chi connectivity index (χ1n) is 8.20. The number of esters is 1. The van der Waals surface area contributed by atoms with Gasteiger partial charge in [-0.25, -0.2) is 4.79 Å². The molecule has 5 atom stereocenters. The van der Waals surface area contributed by atoms with Gasteiger partial charge in [-0.1, -0.05) is 15.9 Å². The van der Waals surface area contributed by atoms with Crippen molar-refractivity contribution in [3.63, 3.8) is 0 Å². The molecule has 0 bridgehead atoms. The fraction of sp³-hybridized carbons (Fsp3) is 0.588. The van der Waals surface area contributed by atoms with Gasteiger partial charge in [0.1, 0.15) is 6.10 Å². The molecule has 5 rings (SSSR count). The first-order valence-corrected chi connectivity index (χ1v) is 8.99. The molecular formula is C17H18BrNO5. The maximum Gasteiger partial charge on any atom is 0.338 e. The Labute approximate surface area is 147 Å². The van der Waals surface area contributed by atoms with Crippen LogP contribution in [-0.4, -0.2) is 58.9 Å². The molecule has 128 valence electrons. The van der Waals surface area contributed by atoms with Crippen molar-refractivity contribution < 1.29 is 24.1 Å². The molecule has 6 nitrogen and oxygen atoms in total. The average Bonchev–Trinajstić information content (AvgIpc) is 3.11. The summed E-state index contributed by atoms with van der Waals surface area (Å²) >= 11 is 3.90. The van der Waals surface area contributed by atoms with Gasteiger partial charge in [-0.05, 0) is 44.1 Å². The van der Waals surface area contributed by atoms with Crippen LogP contribution in [0.1, 0.15) is 34.7 Å². The molecule has 0 radical (unpaired) electrons. The van der Waals surface area contributed by atoms with Crippen molar-refractivity contribution in [2.45, 2.75) is 41.3 Å². The van der Waals surface area contributed by atoms with Crippen LogP contribution in [0.3, 0.4) is 0 Å². The van der Waals surface area contributed by atoms with E-state index in [1.807, 2.05) is 6.07 Å². The average molecular weight is 396 g/mol. The third kappa shape index (κ3) is 1.86. The predicted octanol–water partition coefficient (Wildman–Crippen LogP) is 1.64. The molecule has 3 aliphatic heterocycles. The standard InChI is InChI=1S/C17H18BrNO5/c1-19-3-2-17(18)6-10(20)14-13(15(17)19)8-4-11-12(23-7-22-11)5-9(8)16(21)24-14/h4-5,10,13-15,20H,2-3,6-7H2,1H3/t10-,13+,14+,15-,17-/m0/s1. The van der Waals surface area contributed by atoms with Gasteiger partial charge in [0.2, 0.25) is 6.79 Å². The molecule has 7 heteroatoms. The molecule has 0 spiro atoms. The number of rotatable bonds is 0. The summed E-state index contributed by atoms with van der Waals surface area (Å²) in [7, 11) is 2.09. The van der Waals surface area contributed by atoms with E-state index < -0.39 is 18.2 Å². The molecule has 0 aromatic heterocycles. The minimum atomic E-state index is -0.681. The Balaban J connectivity index is 1.70. The Morgan fingerprint density at radius 3 is 2.88 bits per heavy atom. The van der Waals surface area contributed by atoms with Crippen LogP contribution in [-0.2, 0) is 4.74 Å². The number of carbonyl (C=O) groups excluding carboxylic acids is 1. The quantitative estimate of drug-likeness (QED) is 0.531. The van der Waals surface area contributed by atoms with E-state index >= 15 is 0 Å². The molecule has 1 aliphatic carbocycles. The lowest BCUT2D eigenvalue weighted by atomic mass is 9.69. The number of aliphatic hydroxyl groups excluding tert-OH is 1. The zero-order valence-corrected chi connectivity index (χ0v) is 14.8. The highest BCUT2D eigenvalue weighted by atomic mass is 79.9. The number of hydrogen-bond donors (Lipinski definition) is 1. The van der Waals surface area contributed by atoms with Crippen molar-refractivity contribution in [2.75, 3.05) is 20.4 Å². The summed E-state index contributed by atoms with van der Waals surface area (Å²) in [5, 5.41) is 10.7. The maximum absolute atomic E-state index is 12.5. The second kappa shape index (κ2) is 4.86. The Hall–Kier alpha value is -1.31. The number of likely N-dealkylation sites (tertiary alicyclic amines) is 1. The molecule has 0 unspecified atom stereocenters. The molecule has 1 saturated carbocycles. The van der Waals surface area contributed by atoms with Crippen LogP contribution in [0, 0.1) is 0 Å². The van der Waals surface area contributed by atoms with Crippen molar-refractivity contribution in [2.24, 2.45) is 0 Å². The number of carbonyl (C=O) groups is 1. The van der Waals surface area contributed by atoms with Gasteiger partial charge in [0.05, 0.1) is 11.7 Å². The van der Waals surface area contributed by atoms with Gasteiger partial charge in [-0.15, -0.1) is 0 Å². The van der Waals surface area contributed by atoms with Crippen LogP contribution in [0.5, 0.6) is 11.5 Å². The first-order chi connectivity index (χ1) is 11.5. The lowest BCUT2D eigenvalue weighted by molar-refractivity contribution is -0.0717. The van der Waals surface area contributed by atoms with E-state index in [1.165, 1.54) is 0 Å². The van der Waals surface area contributed by atoms with Crippen molar-refractivity contribution in [3.05, 3.63) is 23.3 Å². The lowest BCUT2D eigenvalue weighted by Gasteiger charge is -2.50. The molecule has 0 amide bonds. The summed E-state index contributed by atoms with van der Waals surface area (Å²) in [5.41, 5.74) is 1.41. The number of aliphatic hydroxyl groups is 1. The molecule has 1 aromatic carbocycles. The van der Waals surface area contributed by atoms with Crippen molar-refractivity contribution in [1.29, 1.82) is 0 Å². The fourth-order valence-corrected chi connectivity index (χ4v) is 5.99. The number of fused-ring (bicyclic) bond motifs is 6. The van der Waals surface area contributed by atoms with Gasteiger partial charge in [-0.2, -0.15) is 0 Å². The van der Waals surface area contributed by atoms with Gasteiger partial charge in [0, 0.05) is 16.3 Å². The van der Waals surface area contributed by atoms with Crippen LogP contribution >= 0.6 is 15.9 Å². The largest absolute Gasteiger partial charge is 0.455 e. The Kier molecular flexibility index (Phi) is 3.04. The van der Waals surface area contributed by atoms with E-state index in [0.717, 1.165) is 18.5 Å². The second-order valence-corrected chi connectivity index (χ2v) is 8.75. The maximum atomic E-state index is 12.5. The summed E-state index contributed by atoms with van der Waals surface area (Å²) in [4.78, 5) is 14.8. The minimum Gasteiger partial charge on any atom is -0.455 e. The number of benzene rings is 1. The summed E-state index contributed by atoms with van der Waals surface area (Å²) in [5.74, 6) is 0.739. The van der Waals surface area contributed by atoms with E-state index in [2.05, 4.69) is 27.9 Å². The van der Waals surface area contributed by atoms with Crippen molar-refractivity contribution in [3.8, 4) is 11.5 Å². The van der Waals surface area contributed by atoms with E-state index in [-0.39, 0.29) is 23.1 Å². The number of likely N-dealkylation sites (N-methyl/N-ethyl adjacent to an activating group) is 1. The molecule has 3 heterocycles.